The summed E-state index contributed by atoms with van der Waals surface area (Å²) < 4.78 is 40.3. The van der Waals surface area contributed by atoms with Crippen molar-refractivity contribution in [1.82, 2.24) is 0 Å². The van der Waals surface area contributed by atoms with Crippen LogP contribution in [0.5, 0.6) is 5.75 Å². The second-order valence-corrected chi connectivity index (χ2v) is 5.00. The van der Waals surface area contributed by atoms with Gasteiger partial charge in [0, 0.05) is 17.8 Å². The van der Waals surface area contributed by atoms with E-state index in [0.717, 1.165) is 25.2 Å². The van der Waals surface area contributed by atoms with Crippen LogP contribution >= 0.6 is 0 Å². The van der Waals surface area contributed by atoms with Crippen LogP contribution in [0.2, 0.25) is 0 Å². The zero-order chi connectivity index (χ0) is 13.9. The second kappa shape index (κ2) is 5.72. The van der Waals surface area contributed by atoms with E-state index in [2.05, 4.69) is 17.0 Å². The third kappa shape index (κ3) is 4.33. The van der Waals surface area contributed by atoms with E-state index in [1.807, 2.05) is 0 Å². The molecule has 1 saturated carbocycles. The van der Waals surface area contributed by atoms with Gasteiger partial charge in [0.25, 0.3) is 0 Å². The van der Waals surface area contributed by atoms with Crippen LogP contribution in [0, 0.1) is 5.92 Å². The lowest BCUT2D eigenvalue weighted by atomic mass is 10.1. The number of anilines is 1. The maximum Gasteiger partial charge on any atom is 0.573 e. The molecule has 1 fully saturated rings. The van der Waals surface area contributed by atoms with Crippen molar-refractivity contribution < 1.29 is 17.9 Å². The molecular formula is C14H18F3NO. The minimum atomic E-state index is -4.64. The molecule has 1 aliphatic rings. The normalized spacial score (nSPS) is 23.4. The summed E-state index contributed by atoms with van der Waals surface area (Å²) in [5.74, 6) is 0.551. The van der Waals surface area contributed by atoms with E-state index in [9.17, 15) is 13.2 Å². The Hall–Kier alpha value is -1.39. The molecule has 2 nitrogen and oxygen atoms in total. The maximum absolute atomic E-state index is 12.1. The number of halogens is 3. The van der Waals surface area contributed by atoms with Crippen molar-refractivity contribution in [2.45, 2.75) is 45.0 Å². The number of nitrogens with one attached hydrogen (secondary N) is 1. The van der Waals surface area contributed by atoms with Crippen LogP contribution in [0.25, 0.3) is 0 Å². The fourth-order valence-corrected chi connectivity index (χ4v) is 2.60. The highest BCUT2D eigenvalue weighted by molar-refractivity contribution is 5.49. The summed E-state index contributed by atoms with van der Waals surface area (Å²) in [4.78, 5) is 0. The summed E-state index contributed by atoms with van der Waals surface area (Å²) in [7, 11) is 0. The number of rotatable bonds is 4. The van der Waals surface area contributed by atoms with Gasteiger partial charge in [-0.05, 0) is 37.3 Å². The molecule has 0 saturated heterocycles. The monoisotopic (exact) mass is 273 g/mol. The van der Waals surface area contributed by atoms with Gasteiger partial charge >= 0.3 is 6.36 Å². The molecular weight excluding hydrogens is 255 g/mol. The van der Waals surface area contributed by atoms with Crippen molar-refractivity contribution >= 4 is 5.69 Å². The quantitative estimate of drug-likeness (QED) is 0.867. The highest BCUT2D eigenvalue weighted by atomic mass is 19.4. The molecule has 0 heterocycles. The smallest absolute Gasteiger partial charge is 0.406 e. The first-order valence-corrected chi connectivity index (χ1v) is 6.58. The Balaban J connectivity index is 1.96. The molecule has 2 unspecified atom stereocenters. The fraction of sp³-hybridized carbons (Fsp3) is 0.571. The van der Waals surface area contributed by atoms with E-state index < -0.39 is 6.36 Å². The van der Waals surface area contributed by atoms with Gasteiger partial charge in [0.1, 0.15) is 5.75 Å². The molecule has 1 N–H and O–H groups in total. The summed E-state index contributed by atoms with van der Waals surface area (Å²) in [5, 5.41) is 3.28. The van der Waals surface area contributed by atoms with Gasteiger partial charge in [-0.1, -0.05) is 19.4 Å². The van der Waals surface area contributed by atoms with Crippen LogP contribution in [0.15, 0.2) is 24.3 Å². The molecule has 1 aromatic rings. The first-order chi connectivity index (χ1) is 8.96. The number of ether oxygens (including phenoxy) is 1. The fourth-order valence-electron chi connectivity index (χ4n) is 2.60. The highest BCUT2D eigenvalue weighted by Crippen LogP contribution is 2.31. The van der Waals surface area contributed by atoms with Gasteiger partial charge in [-0.2, -0.15) is 0 Å². The second-order valence-electron chi connectivity index (χ2n) is 5.00. The number of benzene rings is 1. The van der Waals surface area contributed by atoms with Crippen LogP contribution in [-0.2, 0) is 0 Å². The predicted molar refractivity (Wildman–Crippen MR) is 68.2 cm³/mol. The molecule has 0 amide bonds. The van der Waals surface area contributed by atoms with Crippen molar-refractivity contribution in [3.05, 3.63) is 24.3 Å². The Morgan fingerprint density at radius 3 is 2.74 bits per heavy atom. The van der Waals surface area contributed by atoms with E-state index in [1.54, 1.807) is 12.1 Å². The van der Waals surface area contributed by atoms with Gasteiger partial charge in [0.2, 0.25) is 0 Å². The van der Waals surface area contributed by atoms with Crippen molar-refractivity contribution in [2.75, 3.05) is 5.32 Å². The van der Waals surface area contributed by atoms with E-state index in [0.29, 0.717) is 11.7 Å². The SMILES string of the molecule is CCC1CCC(Nc2cccc(OC(F)(F)F)c2)C1. The van der Waals surface area contributed by atoms with Crippen molar-refractivity contribution in [3.63, 3.8) is 0 Å². The first-order valence-electron chi connectivity index (χ1n) is 6.58. The number of hydrogen-bond acceptors (Lipinski definition) is 2. The van der Waals surface area contributed by atoms with Gasteiger partial charge in [-0.25, -0.2) is 0 Å². The molecule has 2 atom stereocenters. The van der Waals surface area contributed by atoms with Gasteiger partial charge in [-0.15, -0.1) is 13.2 Å². The van der Waals surface area contributed by atoms with E-state index in [4.69, 9.17) is 0 Å². The molecule has 0 bridgehead atoms. The first kappa shape index (κ1) is 14.0. The molecule has 0 aliphatic heterocycles. The summed E-state index contributed by atoms with van der Waals surface area (Å²) in [5.41, 5.74) is 0.684. The largest absolute Gasteiger partial charge is 0.573 e. The molecule has 106 valence electrons. The van der Waals surface area contributed by atoms with Crippen LogP contribution in [0.4, 0.5) is 18.9 Å². The predicted octanol–water partition coefficient (Wildman–Crippen LogP) is 4.58. The minimum Gasteiger partial charge on any atom is -0.406 e. The molecule has 1 aromatic carbocycles. The topological polar surface area (TPSA) is 21.3 Å². The lowest BCUT2D eigenvalue weighted by Crippen LogP contribution is -2.18. The van der Waals surface area contributed by atoms with E-state index in [-0.39, 0.29) is 5.75 Å². The zero-order valence-electron chi connectivity index (χ0n) is 10.8. The molecule has 0 aromatic heterocycles. The van der Waals surface area contributed by atoms with Crippen molar-refractivity contribution in [1.29, 1.82) is 0 Å². The number of alkyl halides is 3. The Bertz CT molecular complexity index is 419. The molecule has 2 rings (SSSR count). The molecule has 0 spiro atoms. The minimum absolute atomic E-state index is 0.178. The molecule has 5 heteroatoms. The van der Waals surface area contributed by atoms with Crippen molar-refractivity contribution in [2.24, 2.45) is 5.92 Å². The molecule has 1 aliphatic carbocycles. The summed E-state index contributed by atoms with van der Waals surface area (Å²) in [6.07, 6.45) is -0.134. The summed E-state index contributed by atoms with van der Waals surface area (Å²) in [6.45, 7) is 2.17. The van der Waals surface area contributed by atoms with Crippen LogP contribution in [0.3, 0.4) is 0 Å². The molecule has 0 radical (unpaired) electrons. The Kier molecular flexibility index (Phi) is 4.22. The lowest BCUT2D eigenvalue weighted by Gasteiger charge is -2.16. The van der Waals surface area contributed by atoms with Crippen LogP contribution in [0.1, 0.15) is 32.6 Å². The third-order valence-electron chi connectivity index (χ3n) is 3.56. The van der Waals surface area contributed by atoms with Crippen LogP contribution in [-0.4, -0.2) is 12.4 Å². The number of hydrogen-bond donors (Lipinski definition) is 1. The van der Waals surface area contributed by atoms with Gasteiger partial charge in [-0.3, -0.25) is 0 Å². The van der Waals surface area contributed by atoms with E-state index in [1.165, 1.54) is 18.6 Å². The molecule has 19 heavy (non-hydrogen) atoms. The van der Waals surface area contributed by atoms with Crippen molar-refractivity contribution in [3.8, 4) is 5.75 Å². The van der Waals surface area contributed by atoms with E-state index >= 15 is 0 Å². The summed E-state index contributed by atoms with van der Waals surface area (Å²) >= 11 is 0. The standard InChI is InChI=1S/C14H18F3NO/c1-2-10-6-7-12(8-10)18-11-4-3-5-13(9-11)19-14(15,16)17/h3-5,9-10,12,18H,2,6-8H2,1H3. The Morgan fingerprint density at radius 2 is 2.11 bits per heavy atom. The Labute approximate surface area is 111 Å². The zero-order valence-corrected chi connectivity index (χ0v) is 10.8. The van der Waals surface area contributed by atoms with Gasteiger partial charge in [0.15, 0.2) is 0 Å². The summed E-state index contributed by atoms with van der Waals surface area (Å²) in [6, 6.07) is 6.39. The average Bonchev–Trinajstić information content (AvgIpc) is 2.75. The van der Waals surface area contributed by atoms with Gasteiger partial charge in [0.05, 0.1) is 0 Å². The third-order valence-corrected chi connectivity index (χ3v) is 3.56. The highest BCUT2D eigenvalue weighted by Gasteiger charge is 2.31. The van der Waals surface area contributed by atoms with Crippen LogP contribution < -0.4 is 10.1 Å². The van der Waals surface area contributed by atoms with Gasteiger partial charge < -0.3 is 10.1 Å². The Morgan fingerprint density at radius 1 is 1.32 bits per heavy atom. The average molecular weight is 273 g/mol. The maximum atomic E-state index is 12.1. The lowest BCUT2D eigenvalue weighted by molar-refractivity contribution is -0.274.